The number of allylic oxidation sites excluding steroid dienone is 2. The van der Waals surface area contributed by atoms with Gasteiger partial charge in [0.15, 0.2) is 5.13 Å². The highest BCUT2D eigenvalue weighted by molar-refractivity contribution is 9.11. The van der Waals surface area contributed by atoms with Crippen LogP contribution in [-0.4, -0.2) is 27.5 Å². The summed E-state index contributed by atoms with van der Waals surface area (Å²) in [6.07, 6.45) is 6.86. The summed E-state index contributed by atoms with van der Waals surface area (Å²) in [7, 11) is 0. The molecule has 36 heavy (non-hydrogen) atoms. The Morgan fingerprint density at radius 2 is 2.14 bits per heavy atom. The summed E-state index contributed by atoms with van der Waals surface area (Å²) in [6, 6.07) is 2.04. The second-order valence-electron chi connectivity index (χ2n) is 10.4. The molecular weight excluding hydrogens is 610 g/mol. The van der Waals surface area contributed by atoms with Gasteiger partial charge >= 0.3 is 0 Å². The lowest BCUT2D eigenvalue weighted by atomic mass is 9.53. The molecule has 1 aromatic heterocycles. The first-order valence-electron chi connectivity index (χ1n) is 12.2. The molecule has 10 heteroatoms. The van der Waals surface area contributed by atoms with Gasteiger partial charge in [0.2, 0.25) is 5.91 Å². The van der Waals surface area contributed by atoms with E-state index in [1.807, 2.05) is 13.0 Å². The molecular formula is C26H29Br2N3O4S. The van der Waals surface area contributed by atoms with E-state index in [9.17, 15) is 19.9 Å². The van der Waals surface area contributed by atoms with Crippen LogP contribution >= 0.6 is 43.2 Å². The zero-order valence-electron chi connectivity index (χ0n) is 20.1. The van der Waals surface area contributed by atoms with E-state index in [4.69, 9.17) is 0 Å². The van der Waals surface area contributed by atoms with Crippen molar-refractivity contribution in [3.63, 3.8) is 0 Å². The second-order valence-corrected chi connectivity index (χ2v) is 13.3. The topological polar surface area (TPSA) is 112 Å². The van der Waals surface area contributed by atoms with Gasteiger partial charge in [-0.15, -0.1) is 11.3 Å². The van der Waals surface area contributed by atoms with Gasteiger partial charge in [-0.05, 0) is 112 Å². The number of aldehydes is 1. The number of aromatic hydroxyl groups is 1. The van der Waals surface area contributed by atoms with Crippen molar-refractivity contribution in [2.45, 2.75) is 58.3 Å². The average molecular weight is 639 g/mol. The maximum absolute atomic E-state index is 12.8. The van der Waals surface area contributed by atoms with Gasteiger partial charge in [0.05, 0.1) is 14.6 Å². The third-order valence-corrected chi connectivity index (χ3v) is 10.9. The Bertz CT molecular complexity index is 1260. The fraction of sp³-hybridized carbons (Fsp3) is 0.500. The Kier molecular flexibility index (Phi) is 7.08. The molecule has 0 aliphatic heterocycles. The minimum Gasteiger partial charge on any atom is -0.506 e. The first kappa shape index (κ1) is 25.9. The van der Waals surface area contributed by atoms with Gasteiger partial charge in [0, 0.05) is 28.5 Å². The van der Waals surface area contributed by atoms with Gasteiger partial charge in [0.1, 0.15) is 12.0 Å². The minimum atomic E-state index is -0.372. The second kappa shape index (κ2) is 9.85. The zero-order valence-corrected chi connectivity index (χ0v) is 24.1. The number of hydroxylamine groups is 1. The van der Waals surface area contributed by atoms with Crippen molar-refractivity contribution in [3.8, 4) is 5.75 Å². The maximum Gasteiger partial charge on any atom is 0.226 e. The summed E-state index contributed by atoms with van der Waals surface area (Å²) < 4.78 is 1.42. The number of fused-ring (bicyclic) bond motifs is 5. The quantitative estimate of drug-likeness (QED) is 0.221. The number of aryl methyl sites for hydroxylation is 1. The van der Waals surface area contributed by atoms with Crippen molar-refractivity contribution < 1.29 is 19.9 Å². The predicted molar refractivity (Wildman–Crippen MR) is 145 cm³/mol. The predicted octanol–water partition coefficient (Wildman–Crippen LogP) is 6.22. The van der Waals surface area contributed by atoms with Crippen molar-refractivity contribution in [1.29, 1.82) is 0 Å². The van der Waals surface area contributed by atoms with E-state index in [1.54, 1.807) is 6.20 Å². The number of hydrogen-bond acceptors (Lipinski definition) is 7. The van der Waals surface area contributed by atoms with Crippen molar-refractivity contribution in [3.05, 3.63) is 48.5 Å². The highest BCUT2D eigenvalue weighted by Crippen LogP contribution is 2.65. The van der Waals surface area contributed by atoms with Crippen LogP contribution in [0.25, 0.3) is 0 Å². The maximum atomic E-state index is 12.8. The number of aromatic nitrogens is 1. The molecule has 3 aliphatic rings. The summed E-state index contributed by atoms with van der Waals surface area (Å²) in [5.41, 5.74) is 5.61. The van der Waals surface area contributed by atoms with Crippen LogP contribution in [0.15, 0.2) is 32.5 Å². The fourth-order valence-corrected chi connectivity index (χ4v) is 9.22. The van der Waals surface area contributed by atoms with E-state index in [-0.39, 0.29) is 47.2 Å². The van der Waals surface area contributed by atoms with Gasteiger partial charge in [-0.1, -0.05) is 6.92 Å². The summed E-state index contributed by atoms with van der Waals surface area (Å²) in [6.45, 7) is 4.09. The Balaban J connectivity index is 1.45. The molecule has 0 radical (unpaired) electrons. The van der Waals surface area contributed by atoms with Gasteiger partial charge < -0.3 is 10.4 Å². The van der Waals surface area contributed by atoms with Crippen LogP contribution in [0.1, 0.15) is 60.9 Å². The number of phenolic OH excluding ortho intramolecular Hbond substituents is 1. The van der Waals surface area contributed by atoms with E-state index in [1.165, 1.54) is 16.9 Å². The molecule has 4 N–H and O–H groups in total. The molecule has 0 saturated heterocycles. The first-order chi connectivity index (χ1) is 17.2. The summed E-state index contributed by atoms with van der Waals surface area (Å²) in [5.74, 6) is 0.650. The molecule has 5 atom stereocenters. The third kappa shape index (κ3) is 4.14. The van der Waals surface area contributed by atoms with Crippen LogP contribution in [0.3, 0.4) is 0 Å². The number of benzene rings is 1. The standard InChI is InChI=1S/C26H29Br2N3O4S/c1-12-10-29-25(36-12)30-20(33)6-5-15-18(11-32)24(31-35)26(2)8-7-13-14(21(15)26)3-4-16-17(13)9-19(27)23(34)22(16)28/h9-11,13-15,21,31,34-35H,3-8H2,1-2H3,(H,29,30,33)/t13?,14?,15-,21?,26+/m1/s1. The number of nitrogens with zero attached hydrogens (tertiary/aromatic N) is 1. The molecule has 1 saturated carbocycles. The minimum absolute atomic E-state index is 0.112. The number of phenols is 1. The van der Waals surface area contributed by atoms with Crippen molar-refractivity contribution in [1.82, 2.24) is 10.5 Å². The summed E-state index contributed by atoms with van der Waals surface area (Å²) in [4.78, 5) is 30.4. The average Bonchev–Trinajstić information content (AvgIpc) is 3.37. The number of thiazole rings is 1. The van der Waals surface area contributed by atoms with Gasteiger partial charge in [-0.2, -0.15) is 0 Å². The van der Waals surface area contributed by atoms with Crippen LogP contribution in [0.2, 0.25) is 0 Å². The summed E-state index contributed by atoms with van der Waals surface area (Å²) >= 11 is 8.54. The molecule has 1 aromatic carbocycles. The van der Waals surface area contributed by atoms with E-state index in [0.717, 1.165) is 46.9 Å². The van der Waals surface area contributed by atoms with Gasteiger partial charge in [-0.25, -0.2) is 4.98 Å². The molecule has 1 amide bonds. The lowest BCUT2D eigenvalue weighted by molar-refractivity contribution is -0.116. The lowest BCUT2D eigenvalue weighted by Gasteiger charge is -2.51. The van der Waals surface area contributed by atoms with Crippen LogP contribution in [0, 0.1) is 30.1 Å². The van der Waals surface area contributed by atoms with Crippen LogP contribution in [0.4, 0.5) is 5.13 Å². The van der Waals surface area contributed by atoms with Crippen molar-refractivity contribution in [2.75, 3.05) is 5.32 Å². The number of amides is 1. The van der Waals surface area contributed by atoms with Crippen molar-refractivity contribution in [2.24, 2.45) is 23.2 Å². The number of hydrogen-bond donors (Lipinski definition) is 4. The number of carbonyl (C=O) groups excluding carboxylic acids is 2. The molecule has 0 spiro atoms. The molecule has 2 aromatic rings. The fourth-order valence-electron chi connectivity index (χ4n) is 7.19. The highest BCUT2D eigenvalue weighted by Gasteiger charge is 2.58. The number of anilines is 1. The van der Waals surface area contributed by atoms with Gasteiger partial charge in [0.25, 0.3) is 0 Å². The summed E-state index contributed by atoms with van der Waals surface area (Å²) in [5, 5.41) is 24.0. The molecule has 192 valence electrons. The Morgan fingerprint density at radius 3 is 2.81 bits per heavy atom. The smallest absolute Gasteiger partial charge is 0.226 e. The normalized spacial score (nSPS) is 28.8. The third-order valence-electron chi connectivity index (χ3n) is 8.63. The Labute approximate surface area is 231 Å². The van der Waals surface area contributed by atoms with Crippen LogP contribution in [0.5, 0.6) is 5.75 Å². The lowest BCUT2D eigenvalue weighted by Crippen LogP contribution is -2.45. The number of rotatable bonds is 6. The molecule has 5 rings (SSSR count). The SMILES string of the molecule is Cc1cnc(NC(=O)CC[C@@H]2C(C=O)=C(NO)[C@@]3(C)CCC4c5cc(Br)c(O)c(Br)c5CCC4C23)s1. The molecule has 7 nitrogen and oxygen atoms in total. The van der Waals surface area contributed by atoms with E-state index in [0.29, 0.717) is 27.3 Å². The molecule has 0 bridgehead atoms. The van der Waals surface area contributed by atoms with E-state index in [2.05, 4.69) is 54.6 Å². The Hall–Kier alpha value is -1.75. The number of nitrogens with one attached hydrogen (secondary N) is 2. The zero-order chi connectivity index (χ0) is 25.8. The molecule has 1 fully saturated rings. The number of halogens is 2. The van der Waals surface area contributed by atoms with E-state index < -0.39 is 0 Å². The molecule has 3 aliphatic carbocycles. The molecule has 1 heterocycles. The van der Waals surface area contributed by atoms with Crippen LogP contribution < -0.4 is 10.8 Å². The number of carbonyl (C=O) groups is 2. The van der Waals surface area contributed by atoms with Gasteiger partial charge in [-0.3, -0.25) is 20.3 Å². The Morgan fingerprint density at radius 1 is 1.36 bits per heavy atom. The first-order valence-corrected chi connectivity index (χ1v) is 14.6. The van der Waals surface area contributed by atoms with E-state index >= 15 is 0 Å². The monoisotopic (exact) mass is 637 g/mol. The van der Waals surface area contributed by atoms with Crippen LogP contribution in [-0.2, 0) is 16.0 Å². The molecule has 3 unspecified atom stereocenters. The highest BCUT2D eigenvalue weighted by atomic mass is 79.9. The largest absolute Gasteiger partial charge is 0.506 e. The van der Waals surface area contributed by atoms with Crippen molar-refractivity contribution >= 4 is 60.5 Å².